The Hall–Kier alpha value is -1.21. The number of amides is 2. The molecule has 2 aliphatic heterocycles. The molecule has 8 heteroatoms. The fraction of sp³-hybridized carbons (Fsp3) is 0.333. The topological polar surface area (TPSA) is 75.4 Å². The summed E-state index contributed by atoms with van der Waals surface area (Å²) in [7, 11) is 0. The summed E-state index contributed by atoms with van der Waals surface area (Å²) in [6.07, 6.45) is 3.73. The molecule has 2 fully saturated rings. The van der Waals surface area contributed by atoms with Crippen molar-refractivity contribution in [3.05, 3.63) is 33.7 Å². The van der Waals surface area contributed by atoms with Crippen molar-refractivity contribution in [2.45, 2.75) is 18.9 Å². The molecule has 1 aromatic carbocycles. The zero-order chi connectivity index (χ0) is 15.7. The SMILES string of the molecule is Cl.N[C@@H]1CCCN(c2c(Cl)cccc2C=C2SC(=O)NC2=O)C1. The van der Waals surface area contributed by atoms with Gasteiger partial charge in [-0.15, -0.1) is 12.4 Å². The highest BCUT2D eigenvalue weighted by atomic mass is 35.5. The molecule has 0 radical (unpaired) electrons. The van der Waals surface area contributed by atoms with Crippen molar-refractivity contribution < 1.29 is 9.59 Å². The van der Waals surface area contributed by atoms with E-state index in [4.69, 9.17) is 17.3 Å². The lowest BCUT2D eigenvalue weighted by Crippen LogP contribution is -2.43. The number of hydrogen-bond donors (Lipinski definition) is 2. The number of carbonyl (C=O) groups is 2. The molecule has 23 heavy (non-hydrogen) atoms. The lowest BCUT2D eigenvalue weighted by molar-refractivity contribution is -0.115. The van der Waals surface area contributed by atoms with Crippen LogP contribution in [0.2, 0.25) is 5.02 Å². The van der Waals surface area contributed by atoms with Gasteiger partial charge < -0.3 is 10.6 Å². The van der Waals surface area contributed by atoms with Gasteiger partial charge in [0.25, 0.3) is 11.1 Å². The second-order valence-corrected chi connectivity index (χ2v) is 6.80. The van der Waals surface area contributed by atoms with E-state index in [0.29, 0.717) is 9.93 Å². The molecule has 3 rings (SSSR count). The van der Waals surface area contributed by atoms with Crippen LogP contribution in [0.1, 0.15) is 18.4 Å². The maximum Gasteiger partial charge on any atom is 0.290 e. The van der Waals surface area contributed by atoms with Crippen LogP contribution in [0.5, 0.6) is 0 Å². The number of benzene rings is 1. The Kier molecular flexibility index (Phi) is 5.97. The maximum atomic E-state index is 11.7. The number of nitrogens with zero attached hydrogens (tertiary/aromatic N) is 1. The van der Waals surface area contributed by atoms with Gasteiger partial charge in [-0.05, 0) is 36.7 Å². The molecule has 2 aliphatic rings. The number of halogens is 2. The van der Waals surface area contributed by atoms with Gasteiger partial charge in [0.2, 0.25) is 0 Å². The normalized spacial score (nSPS) is 23.0. The third-order valence-corrected chi connectivity index (χ3v) is 4.84. The fourth-order valence-corrected chi connectivity index (χ4v) is 3.73. The minimum Gasteiger partial charge on any atom is -0.368 e. The number of anilines is 1. The third kappa shape index (κ3) is 4.01. The highest BCUT2D eigenvalue weighted by Crippen LogP contribution is 2.35. The summed E-state index contributed by atoms with van der Waals surface area (Å²) in [5.41, 5.74) is 7.76. The molecular weight excluding hydrogens is 357 g/mol. The first-order valence-corrected chi connectivity index (χ1v) is 8.28. The van der Waals surface area contributed by atoms with E-state index in [-0.39, 0.29) is 29.6 Å². The van der Waals surface area contributed by atoms with E-state index in [1.54, 1.807) is 6.08 Å². The minimum atomic E-state index is -0.365. The summed E-state index contributed by atoms with van der Waals surface area (Å²) in [4.78, 5) is 25.6. The van der Waals surface area contributed by atoms with Crippen molar-refractivity contribution >= 4 is 58.7 Å². The van der Waals surface area contributed by atoms with Crippen molar-refractivity contribution in [3.8, 4) is 0 Å². The van der Waals surface area contributed by atoms with Gasteiger partial charge in [0.15, 0.2) is 0 Å². The molecule has 0 unspecified atom stereocenters. The van der Waals surface area contributed by atoms with E-state index >= 15 is 0 Å². The Balaban J connectivity index is 0.00000192. The van der Waals surface area contributed by atoms with Crippen molar-refractivity contribution in [2.24, 2.45) is 5.73 Å². The monoisotopic (exact) mass is 373 g/mol. The van der Waals surface area contributed by atoms with Gasteiger partial charge >= 0.3 is 0 Å². The van der Waals surface area contributed by atoms with Crippen LogP contribution < -0.4 is 16.0 Å². The standard InChI is InChI=1S/C15H16ClN3O2S.ClH/c16-11-5-1-3-9(7-12-14(20)18-15(21)22-12)13(11)19-6-2-4-10(17)8-19;/h1,3,5,7,10H,2,4,6,8,17H2,(H,18,20,21);1H/t10-;/m1./s1. The Morgan fingerprint density at radius 1 is 1.39 bits per heavy atom. The number of thioether (sulfide) groups is 1. The van der Waals surface area contributed by atoms with E-state index in [1.165, 1.54) is 0 Å². The summed E-state index contributed by atoms with van der Waals surface area (Å²) in [6.45, 7) is 1.62. The predicted octanol–water partition coefficient (Wildman–Crippen LogP) is 3.01. The summed E-state index contributed by atoms with van der Waals surface area (Å²) in [6, 6.07) is 5.68. The zero-order valence-electron chi connectivity index (χ0n) is 12.3. The number of para-hydroxylation sites is 1. The molecule has 0 aromatic heterocycles. The second kappa shape index (κ2) is 7.57. The van der Waals surface area contributed by atoms with Crippen LogP contribution in [0.4, 0.5) is 10.5 Å². The molecule has 5 nitrogen and oxygen atoms in total. The summed E-state index contributed by atoms with van der Waals surface area (Å²) in [5, 5.41) is 2.53. The molecule has 1 atom stereocenters. The highest BCUT2D eigenvalue weighted by molar-refractivity contribution is 8.18. The van der Waals surface area contributed by atoms with E-state index < -0.39 is 0 Å². The summed E-state index contributed by atoms with van der Waals surface area (Å²) < 4.78 is 0. The largest absolute Gasteiger partial charge is 0.368 e. The Labute approximate surface area is 150 Å². The van der Waals surface area contributed by atoms with Gasteiger partial charge in [-0.2, -0.15) is 0 Å². The number of nitrogens with two attached hydrogens (primary N) is 1. The molecular formula is C15H17Cl2N3O2S. The number of rotatable bonds is 2. The minimum absolute atomic E-state index is 0. The first-order chi connectivity index (χ1) is 10.5. The van der Waals surface area contributed by atoms with Crippen molar-refractivity contribution in [1.82, 2.24) is 5.32 Å². The molecule has 2 heterocycles. The first-order valence-electron chi connectivity index (χ1n) is 7.08. The lowest BCUT2D eigenvalue weighted by atomic mass is 10.0. The Morgan fingerprint density at radius 3 is 2.83 bits per heavy atom. The molecule has 0 aliphatic carbocycles. The van der Waals surface area contributed by atoms with E-state index in [1.807, 2.05) is 18.2 Å². The number of imide groups is 1. The van der Waals surface area contributed by atoms with Crippen molar-refractivity contribution in [3.63, 3.8) is 0 Å². The Morgan fingerprint density at radius 2 is 2.17 bits per heavy atom. The van der Waals surface area contributed by atoms with Gasteiger partial charge in [0.05, 0.1) is 15.6 Å². The maximum absolute atomic E-state index is 11.7. The van der Waals surface area contributed by atoms with Crippen LogP contribution in [0.25, 0.3) is 6.08 Å². The van der Waals surface area contributed by atoms with Crippen molar-refractivity contribution in [2.75, 3.05) is 18.0 Å². The van der Waals surface area contributed by atoms with Gasteiger partial charge in [0.1, 0.15) is 0 Å². The molecule has 2 amide bonds. The van der Waals surface area contributed by atoms with Crippen LogP contribution in [0.15, 0.2) is 23.1 Å². The molecule has 0 saturated carbocycles. The van der Waals surface area contributed by atoms with Crippen LogP contribution in [0, 0.1) is 0 Å². The van der Waals surface area contributed by atoms with E-state index in [2.05, 4.69) is 10.2 Å². The van der Waals surface area contributed by atoms with Crippen LogP contribution in [-0.4, -0.2) is 30.3 Å². The number of carbonyl (C=O) groups excluding carboxylic acids is 2. The molecule has 0 spiro atoms. The van der Waals surface area contributed by atoms with Crippen molar-refractivity contribution in [1.29, 1.82) is 0 Å². The molecule has 2 saturated heterocycles. The van der Waals surface area contributed by atoms with Gasteiger partial charge in [0, 0.05) is 24.7 Å². The molecule has 3 N–H and O–H groups in total. The average Bonchev–Trinajstić information content (AvgIpc) is 2.77. The number of piperidine rings is 1. The van der Waals surface area contributed by atoms with Crippen LogP contribution in [0.3, 0.4) is 0 Å². The summed E-state index contributed by atoms with van der Waals surface area (Å²) >= 11 is 7.28. The Bertz CT molecular complexity index is 666. The fourth-order valence-electron chi connectivity index (χ4n) is 2.76. The van der Waals surface area contributed by atoms with E-state index in [9.17, 15) is 9.59 Å². The second-order valence-electron chi connectivity index (χ2n) is 5.38. The summed E-state index contributed by atoms with van der Waals surface area (Å²) in [5.74, 6) is -0.365. The number of nitrogens with one attached hydrogen (secondary N) is 1. The third-order valence-electron chi connectivity index (χ3n) is 3.72. The van der Waals surface area contributed by atoms with E-state index in [0.717, 1.165) is 48.9 Å². The quantitative estimate of drug-likeness (QED) is 0.779. The lowest BCUT2D eigenvalue weighted by Gasteiger charge is -2.34. The highest BCUT2D eigenvalue weighted by Gasteiger charge is 2.26. The average molecular weight is 374 g/mol. The van der Waals surface area contributed by atoms with Gasteiger partial charge in [-0.3, -0.25) is 14.9 Å². The van der Waals surface area contributed by atoms with Crippen LogP contribution in [-0.2, 0) is 4.79 Å². The predicted molar refractivity (Wildman–Crippen MR) is 97.2 cm³/mol. The number of hydrogen-bond acceptors (Lipinski definition) is 5. The first kappa shape index (κ1) is 18.1. The molecule has 0 bridgehead atoms. The molecule has 1 aromatic rings. The van der Waals surface area contributed by atoms with Crippen LogP contribution >= 0.6 is 35.8 Å². The molecule has 124 valence electrons. The zero-order valence-corrected chi connectivity index (χ0v) is 14.6. The van der Waals surface area contributed by atoms with Gasteiger partial charge in [-0.1, -0.05) is 23.7 Å². The van der Waals surface area contributed by atoms with Gasteiger partial charge in [-0.25, -0.2) is 0 Å². The smallest absolute Gasteiger partial charge is 0.290 e.